The highest BCUT2D eigenvalue weighted by atomic mass is 35.5. The molecule has 0 unspecified atom stereocenters. The van der Waals surface area contributed by atoms with Gasteiger partial charge >= 0.3 is 0 Å². The number of halogens is 2. The van der Waals surface area contributed by atoms with Crippen LogP contribution in [0.15, 0.2) is 12.1 Å². The first kappa shape index (κ1) is 8.89. The van der Waals surface area contributed by atoms with E-state index in [9.17, 15) is 0 Å². The summed E-state index contributed by atoms with van der Waals surface area (Å²) < 4.78 is 0. The first-order chi connectivity index (χ1) is 5.13. The van der Waals surface area contributed by atoms with E-state index in [4.69, 9.17) is 23.2 Å². The second-order valence-electron chi connectivity index (χ2n) is 2.72. The van der Waals surface area contributed by atoms with Crippen LogP contribution in [0.25, 0.3) is 0 Å². The summed E-state index contributed by atoms with van der Waals surface area (Å²) in [6, 6.07) is 6.34. The maximum absolute atomic E-state index is 5.91. The largest absolute Gasteiger partial charge is 0.0840 e. The fourth-order valence-electron chi connectivity index (χ4n) is 1.01. The lowest BCUT2D eigenvalue weighted by Crippen LogP contribution is -1.89. The molecule has 0 amide bonds. The molecule has 0 aromatic heterocycles. The molecule has 0 atom stereocenters. The number of rotatable bonds is 1. The topological polar surface area (TPSA) is 0 Å². The zero-order valence-corrected chi connectivity index (χ0v) is 8.00. The molecule has 59 valence electrons. The van der Waals surface area contributed by atoms with Crippen LogP contribution in [0.1, 0.15) is 25.3 Å². The normalized spacial score (nSPS) is 10.6. The molecule has 0 aliphatic carbocycles. The first-order valence-electron chi connectivity index (χ1n) is 3.48. The van der Waals surface area contributed by atoms with Crippen LogP contribution in [0.2, 0.25) is 10.0 Å². The highest BCUT2D eigenvalue weighted by Gasteiger charge is 2.08. The lowest BCUT2D eigenvalue weighted by Gasteiger charge is -2.08. The van der Waals surface area contributed by atoms with Gasteiger partial charge in [0.2, 0.25) is 0 Å². The summed E-state index contributed by atoms with van der Waals surface area (Å²) in [5.74, 6) is 0.365. The summed E-state index contributed by atoms with van der Waals surface area (Å²) in [6.07, 6.45) is 0. The number of hydrogen-bond acceptors (Lipinski definition) is 0. The van der Waals surface area contributed by atoms with Gasteiger partial charge in [0.1, 0.15) is 0 Å². The predicted octanol–water partition coefficient (Wildman–Crippen LogP) is 3.92. The van der Waals surface area contributed by atoms with Crippen LogP contribution in [0, 0.1) is 6.07 Å². The van der Waals surface area contributed by atoms with E-state index >= 15 is 0 Å². The summed E-state index contributed by atoms with van der Waals surface area (Å²) in [5, 5.41) is 1.40. The van der Waals surface area contributed by atoms with Crippen molar-refractivity contribution in [3.63, 3.8) is 0 Å². The quantitative estimate of drug-likeness (QED) is 0.626. The highest BCUT2D eigenvalue weighted by Crippen LogP contribution is 2.30. The Morgan fingerprint density at radius 3 is 1.91 bits per heavy atom. The smallest absolute Gasteiger partial charge is 0.0461 e. The fourth-order valence-corrected chi connectivity index (χ4v) is 1.82. The minimum Gasteiger partial charge on any atom is -0.0840 e. The SMILES string of the molecule is CC(C)c1c(Cl)c[c]cc1Cl. The lowest BCUT2D eigenvalue weighted by molar-refractivity contribution is 0.867. The molecule has 0 fully saturated rings. The van der Waals surface area contributed by atoms with Gasteiger partial charge in [-0.05, 0) is 29.7 Å². The molecule has 0 N–H and O–H groups in total. The van der Waals surface area contributed by atoms with E-state index in [2.05, 4.69) is 19.9 Å². The van der Waals surface area contributed by atoms with Crippen molar-refractivity contribution in [3.05, 3.63) is 33.8 Å². The maximum atomic E-state index is 5.91. The number of benzene rings is 1. The van der Waals surface area contributed by atoms with E-state index in [0.29, 0.717) is 16.0 Å². The second-order valence-corrected chi connectivity index (χ2v) is 3.53. The summed E-state index contributed by atoms with van der Waals surface area (Å²) in [5.41, 5.74) is 1.01. The Balaban J connectivity index is 3.21. The third-order valence-corrected chi connectivity index (χ3v) is 2.14. The van der Waals surface area contributed by atoms with Crippen LogP contribution in [0.5, 0.6) is 0 Å². The molecule has 0 spiro atoms. The summed E-state index contributed by atoms with van der Waals surface area (Å²) in [6.45, 7) is 4.13. The molecule has 0 heterocycles. The molecule has 0 bridgehead atoms. The Hall–Kier alpha value is -0.200. The second kappa shape index (κ2) is 3.46. The summed E-state index contributed by atoms with van der Waals surface area (Å²) in [4.78, 5) is 0. The molecule has 0 saturated carbocycles. The average Bonchev–Trinajstić information content (AvgIpc) is 1.85. The van der Waals surface area contributed by atoms with Crippen molar-refractivity contribution < 1.29 is 0 Å². The van der Waals surface area contributed by atoms with Crippen LogP contribution >= 0.6 is 23.2 Å². The van der Waals surface area contributed by atoms with Crippen molar-refractivity contribution in [2.45, 2.75) is 19.8 Å². The van der Waals surface area contributed by atoms with E-state index in [-0.39, 0.29) is 0 Å². The molecular formula is C9H9Cl2. The van der Waals surface area contributed by atoms with Crippen molar-refractivity contribution >= 4 is 23.2 Å². The van der Waals surface area contributed by atoms with Crippen LogP contribution < -0.4 is 0 Å². The van der Waals surface area contributed by atoms with Crippen molar-refractivity contribution in [1.82, 2.24) is 0 Å². The predicted molar refractivity (Wildman–Crippen MR) is 49.4 cm³/mol. The Morgan fingerprint density at radius 1 is 1.18 bits per heavy atom. The van der Waals surface area contributed by atoms with Crippen LogP contribution in [0.3, 0.4) is 0 Å². The zero-order chi connectivity index (χ0) is 8.43. The molecule has 0 nitrogen and oxygen atoms in total. The standard InChI is InChI=1S/C9H9Cl2/c1-6(2)9-7(10)4-3-5-8(9)11/h4-6H,1-2H3. The zero-order valence-electron chi connectivity index (χ0n) is 6.49. The maximum Gasteiger partial charge on any atom is 0.0461 e. The molecule has 1 aromatic carbocycles. The van der Waals surface area contributed by atoms with Crippen molar-refractivity contribution in [3.8, 4) is 0 Å². The monoisotopic (exact) mass is 187 g/mol. The summed E-state index contributed by atoms with van der Waals surface area (Å²) >= 11 is 11.8. The minimum atomic E-state index is 0.365. The molecule has 1 aromatic rings. The molecule has 1 radical (unpaired) electrons. The third-order valence-electron chi connectivity index (χ3n) is 1.51. The van der Waals surface area contributed by atoms with Gasteiger partial charge in [0.15, 0.2) is 0 Å². The lowest BCUT2D eigenvalue weighted by atomic mass is 10.0. The van der Waals surface area contributed by atoms with Crippen molar-refractivity contribution in [2.75, 3.05) is 0 Å². The molecule has 1 rings (SSSR count). The van der Waals surface area contributed by atoms with Gasteiger partial charge in [-0.25, -0.2) is 0 Å². The first-order valence-corrected chi connectivity index (χ1v) is 4.23. The van der Waals surface area contributed by atoms with Crippen LogP contribution in [0.4, 0.5) is 0 Å². The number of hydrogen-bond donors (Lipinski definition) is 0. The van der Waals surface area contributed by atoms with E-state index in [1.54, 1.807) is 12.1 Å². The fraction of sp³-hybridized carbons (Fsp3) is 0.333. The highest BCUT2D eigenvalue weighted by molar-refractivity contribution is 6.36. The Morgan fingerprint density at radius 2 is 1.64 bits per heavy atom. The van der Waals surface area contributed by atoms with E-state index < -0.39 is 0 Å². The van der Waals surface area contributed by atoms with Gasteiger partial charge < -0.3 is 0 Å². The van der Waals surface area contributed by atoms with E-state index in [1.165, 1.54) is 0 Å². The molecular weight excluding hydrogens is 179 g/mol. The van der Waals surface area contributed by atoms with Gasteiger partial charge in [0.25, 0.3) is 0 Å². The Labute approximate surface area is 77.1 Å². The van der Waals surface area contributed by atoms with E-state index in [0.717, 1.165) is 5.56 Å². The van der Waals surface area contributed by atoms with Gasteiger partial charge in [0.05, 0.1) is 0 Å². The molecule has 0 saturated heterocycles. The summed E-state index contributed by atoms with van der Waals surface area (Å²) in [7, 11) is 0. The van der Waals surface area contributed by atoms with E-state index in [1.807, 2.05) is 0 Å². The van der Waals surface area contributed by atoms with Crippen molar-refractivity contribution in [1.29, 1.82) is 0 Å². The van der Waals surface area contributed by atoms with Gasteiger partial charge in [-0.3, -0.25) is 0 Å². The van der Waals surface area contributed by atoms with Crippen molar-refractivity contribution in [2.24, 2.45) is 0 Å². The minimum absolute atomic E-state index is 0.365. The molecule has 2 heteroatoms. The van der Waals surface area contributed by atoms with Gasteiger partial charge in [0, 0.05) is 10.0 Å². The van der Waals surface area contributed by atoms with Crippen LogP contribution in [-0.4, -0.2) is 0 Å². The Kier molecular flexibility index (Phi) is 2.80. The van der Waals surface area contributed by atoms with Gasteiger partial charge in [-0.1, -0.05) is 37.0 Å². The Bertz CT molecular complexity index is 233. The average molecular weight is 188 g/mol. The van der Waals surface area contributed by atoms with Gasteiger partial charge in [-0.15, -0.1) is 0 Å². The molecule has 0 aliphatic heterocycles. The van der Waals surface area contributed by atoms with Crippen LogP contribution in [-0.2, 0) is 0 Å². The van der Waals surface area contributed by atoms with Gasteiger partial charge in [-0.2, -0.15) is 0 Å². The molecule has 11 heavy (non-hydrogen) atoms. The molecule has 0 aliphatic rings. The third kappa shape index (κ3) is 1.88.